The van der Waals surface area contributed by atoms with Gasteiger partial charge in [-0.3, -0.25) is 0 Å². The van der Waals surface area contributed by atoms with E-state index in [1.54, 1.807) is 0 Å². The first-order chi connectivity index (χ1) is 9.18. The van der Waals surface area contributed by atoms with Crippen molar-refractivity contribution in [3.05, 3.63) is 34.9 Å². The highest BCUT2D eigenvalue weighted by Crippen LogP contribution is 2.46. The van der Waals surface area contributed by atoms with Crippen LogP contribution in [0, 0.1) is 11.3 Å². The van der Waals surface area contributed by atoms with Crippen molar-refractivity contribution in [1.29, 1.82) is 5.26 Å². The van der Waals surface area contributed by atoms with Gasteiger partial charge in [0.05, 0.1) is 24.7 Å². The van der Waals surface area contributed by atoms with E-state index in [0.717, 1.165) is 31.2 Å². The minimum atomic E-state index is -0.425. The van der Waals surface area contributed by atoms with Crippen molar-refractivity contribution in [2.45, 2.75) is 36.9 Å². The van der Waals surface area contributed by atoms with Crippen LogP contribution in [0.3, 0.4) is 0 Å². The summed E-state index contributed by atoms with van der Waals surface area (Å²) in [6, 6.07) is 10.1. The van der Waals surface area contributed by atoms with Crippen LogP contribution in [0.25, 0.3) is 0 Å². The van der Waals surface area contributed by atoms with Crippen LogP contribution in [-0.4, -0.2) is 19.0 Å². The van der Waals surface area contributed by atoms with Crippen LogP contribution in [-0.2, 0) is 14.9 Å². The molecule has 3 nitrogen and oxygen atoms in total. The van der Waals surface area contributed by atoms with Gasteiger partial charge in [0.15, 0.2) is 5.79 Å². The van der Waals surface area contributed by atoms with Crippen molar-refractivity contribution < 1.29 is 9.47 Å². The molecule has 0 atom stereocenters. The van der Waals surface area contributed by atoms with Crippen LogP contribution in [0.4, 0.5) is 0 Å². The van der Waals surface area contributed by atoms with Crippen molar-refractivity contribution in [1.82, 2.24) is 0 Å². The normalized spacial score (nSPS) is 24.2. The third-order valence-electron chi connectivity index (χ3n) is 4.29. The molecule has 0 bridgehead atoms. The van der Waals surface area contributed by atoms with Crippen molar-refractivity contribution >= 4 is 11.6 Å². The minimum absolute atomic E-state index is 0.424. The van der Waals surface area contributed by atoms with Gasteiger partial charge in [-0.15, -0.1) is 0 Å². The summed E-state index contributed by atoms with van der Waals surface area (Å²) in [4.78, 5) is 0. The Bertz CT molecular complexity index is 490. The smallest absolute Gasteiger partial charge is 0.168 e. The Morgan fingerprint density at radius 1 is 1.00 bits per heavy atom. The molecule has 1 heterocycles. The molecule has 1 spiro atoms. The molecule has 0 unspecified atom stereocenters. The molecular formula is C15H16ClNO2. The van der Waals surface area contributed by atoms with Gasteiger partial charge < -0.3 is 9.47 Å². The molecule has 19 heavy (non-hydrogen) atoms. The Labute approximate surface area is 118 Å². The molecule has 4 heteroatoms. The first-order valence-electron chi connectivity index (χ1n) is 6.63. The summed E-state index contributed by atoms with van der Waals surface area (Å²) >= 11 is 5.91. The second kappa shape index (κ2) is 4.79. The van der Waals surface area contributed by atoms with Crippen molar-refractivity contribution in [3.63, 3.8) is 0 Å². The Hall–Kier alpha value is -1.08. The third-order valence-corrected chi connectivity index (χ3v) is 4.54. The molecule has 100 valence electrons. The molecule has 1 saturated heterocycles. The summed E-state index contributed by atoms with van der Waals surface area (Å²) < 4.78 is 11.4. The predicted molar refractivity (Wildman–Crippen MR) is 71.8 cm³/mol. The van der Waals surface area contributed by atoms with Crippen LogP contribution in [0.5, 0.6) is 0 Å². The van der Waals surface area contributed by atoms with E-state index >= 15 is 0 Å². The molecule has 1 aliphatic carbocycles. The number of ether oxygens (including phenoxy) is 2. The molecule has 0 aromatic heterocycles. The van der Waals surface area contributed by atoms with Crippen LogP contribution in [0.15, 0.2) is 24.3 Å². The van der Waals surface area contributed by atoms with Gasteiger partial charge in [0.2, 0.25) is 0 Å². The maximum absolute atomic E-state index is 9.63. The Morgan fingerprint density at radius 2 is 1.58 bits per heavy atom. The number of hydrogen-bond donors (Lipinski definition) is 0. The molecular weight excluding hydrogens is 262 g/mol. The van der Waals surface area contributed by atoms with E-state index < -0.39 is 11.2 Å². The number of rotatable bonds is 1. The zero-order valence-electron chi connectivity index (χ0n) is 10.7. The standard InChI is InChI=1S/C15H16ClNO2/c16-13-3-1-12(2-4-13)14(11-17)5-7-15(8-6-14)18-9-10-19-15/h1-4H,5-10H2. The molecule has 0 amide bonds. The lowest BCUT2D eigenvalue weighted by molar-refractivity contribution is -0.182. The van der Waals surface area contributed by atoms with E-state index in [1.165, 1.54) is 0 Å². The first-order valence-corrected chi connectivity index (χ1v) is 7.01. The Morgan fingerprint density at radius 3 is 2.11 bits per heavy atom. The van der Waals surface area contributed by atoms with E-state index in [-0.39, 0.29) is 0 Å². The van der Waals surface area contributed by atoms with E-state index in [0.29, 0.717) is 18.2 Å². The van der Waals surface area contributed by atoms with Gasteiger partial charge >= 0.3 is 0 Å². The van der Waals surface area contributed by atoms with Crippen LogP contribution in [0.1, 0.15) is 31.2 Å². The van der Waals surface area contributed by atoms with Crippen LogP contribution in [0.2, 0.25) is 5.02 Å². The molecule has 1 aliphatic heterocycles. The second-order valence-electron chi connectivity index (χ2n) is 5.31. The topological polar surface area (TPSA) is 42.2 Å². The fourth-order valence-electron chi connectivity index (χ4n) is 3.08. The number of nitriles is 1. The van der Waals surface area contributed by atoms with Gasteiger partial charge in [0, 0.05) is 17.9 Å². The van der Waals surface area contributed by atoms with Gasteiger partial charge in [0.1, 0.15) is 0 Å². The lowest BCUT2D eigenvalue weighted by Gasteiger charge is -2.40. The van der Waals surface area contributed by atoms with E-state index in [9.17, 15) is 5.26 Å². The molecule has 1 saturated carbocycles. The zero-order chi connectivity index (χ0) is 13.3. The van der Waals surface area contributed by atoms with Crippen molar-refractivity contribution in [2.75, 3.05) is 13.2 Å². The van der Waals surface area contributed by atoms with Gasteiger partial charge in [-0.1, -0.05) is 23.7 Å². The third kappa shape index (κ3) is 2.25. The summed E-state index contributed by atoms with van der Waals surface area (Å²) in [7, 11) is 0. The summed E-state index contributed by atoms with van der Waals surface area (Å²) in [5.74, 6) is -0.424. The quantitative estimate of drug-likeness (QED) is 0.790. The van der Waals surface area contributed by atoms with E-state index in [4.69, 9.17) is 21.1 Å². The second-order valence-corrected chi connectivity index (χ2v) is 5.74. The van der Waals surface area contributed by atoms with Gasteiger partial charge in [0.25, 0.3) is 0 Å². The highest BCUT2D eigenvalue weighted by atomic mass is 35.5. The minimum Gasteiger partial charge on any atom is -0.348 e. The average Bonchev–Trinajstić information content (AvgIpc) is 2.90. The van der Waals surface area contributed by atoms with E-state index in [1.807, 2.05) is 24.3 Å². The number of nitrogens with zero attached hydrogens (tertiary/aromatic N) is 1. The fourth-order valence-corrected chi connectivity index (χ4v) is 3.20. The average molecular weight is 278 g/mol. The summed E-state index contributed by atoms with van der Waals surface area (Å²) in [5.41, 5.74) is 0.623. The molecule has 0 radical (unpaired) electrons. The van der Waals surface area contributed by atoms with Gasteiger partial charge in [-0.05, 0) is 30.5 Å². The highest BCUT2D eigenvalue weighted by Gasteiger charge is 2.47. The summed E-state index contributed by atoms with van der Waals surface area (Å²) in [5, 5.41) is 10.3. The number of halogens is 1. The fraction of sp³-hybridized carbons (Fsp3) is 0.533. The van der Waals surface area contributed by atoms with Gasteiger partial charge in [-0.2, -0.15) is 5.26 Å². The van der Waals surface area contributed by atoms with E-state index in [2.05, 4.69) is 6.07 Å². The maximum atomic E-state index is 9.63. The highest BCUT2D eigenvalue weighted by molar-refractivity contribution is 6.30. The zero-order valence-corrected chi connectivity index (χ0v) is 11.4. The van der Waals surface area contributed by atoms with Crippen LogP contribution >= 0.6 is 11.6 Å². The lowest BCUT2D eigenvalue weighted by Crippen LogP contribution is -2.41. The van der Waals surface area contributed by atoms with Crippen molar-refractivity contribution in [2.24, 2.45) is 0 Å². The monoisotopic (exact) mass is 277 g/mol. The molecule has 1 aromatic rings. The first kappa shape index (κ1) is 12.9. The summed E-state index contributed by atoms with van der Waals surface area (Å²) in [6.07, 6.45) is 3.10. The van der Waals surface area contributed by atoms with Crippen LogP contribution < -0.4 is 0 Å². The summed E-state index contributed by atoms with van der Waals surface area (Å²) in [6.45, 7) is 1.33. The lowest BCUT2D eigenvalue weighted by atomic mass is 9.69. The molecule has 2 fully saturated rings. The molecule has 0 N–H and O–H groups in total. The molecule has 3 rings (SSSR count). The SMILES string of the molecule is N#CC1(c2ccc(Cl)cc2)CCC2(CC1)OCCO2. The van der Waals surface area contributed by atoms with Crippen molar-refractivity contribution in [3.8, 4) is 6.07 Å². The number of hydrogen-bond acceptors (Lipinski definition) is 3. The van der Waals surface area contributed by atoms with Gasteiger partial charge in [-0.25, -0.2) is 0 Å². The molecule has 2 aliphatic rings. The number of benzene rings is 1. The predicted octanol–water partition coefficient (Wildman–Crippen LogP) is 3.42. The largest absolute Gasteiger partial charge is 0.348 e. The Kier molecular flexibility index (Phi) is 3.26. The maximum Gasteiger partial charge on any atom is 0.168 e. The Balaban J connectivity index is 1.82. The molecule has 1 aromatic carbocycles.